The second-order valence-corrected chi connectivity index (χ2v) is 8.53. The zero-order valence-corrected chi connectivity index (χ0v) is 16.5. The molecule has 1 aromatic heterocycles. The molecule has 1 aromatic carbocycles. The van der Waals surface area contributed by atoms with E-state index in [0.717, 1.165) is 29.8 Å². The number of anilines is 2. The number of hydrogen-bond acceptors (Lipinski definition) is 4. The topological polar surface area (TPSA) is 58.6 Å². The number of hydrogen-bond donors (Lipinski definition) is 1. The predicted molar refractivity (Wildman–Crippen MR) is 108 cm³/mol. The Kier molecular flexibility index (Phi) is 4.91. The molecule has 0 spiro atoms. The van der Waals surface area contributed by atoms with Gasteiger partial charge in [-0.2, -0.15) is 0 Å². The van der Waals surface area contributed by atoms with Gasteiger partial charge in [0.1, 0.15) is 5.75 Å². The SMILES string of the molecule is COc1ccc(NC(=O)c2cc3c(s2)CCC(C)C3)cc1N1CCCC1=O. The van der Waals surface area contributed by atoms with Crippen molar-refractivity contribution in [3.63, 3.8) is 0 Å². The molecule has 5 nitrogen and oxygen atoms in total. The van der Waals surface area contributed by atoms with Crippen LogP contribution in [-0.2, 0) is 17.6 Å². The molecule has 1 atom stereocenters. The van der Waals surface area contributed by atoms with Gasteiger partial charge in [-0.25, -0.2) is 0 Å². The predicted octanol–water partition coefficient (Wildman–Crippen LogP) is 4.26. The van der Waals surface area contributed by atoms with Gasteiger partial charge in [-0.3, -0.25) is 9.59 Å². The highest BCUT2D eigenvalue weighted by Crippen LogP contribution is 2.35. The fourth-order valence-electron chi connectivity index (χ4n) is 3.89. The van der Waals surface area contributed by atoms with Crippen molar-refractivity contribution in [3.8, 4) is 5.75 Å². The van der Waals surface area contributed by atoms with E-state index in [1.54, 1.807) is 29.4 Å². The number of nitrogens with one attached hydrogen (secondary N) is 1. The molecule has 2 amide bonds. The maximum atomic E-state index is 12.8. The minimum Gasteiger partial charge on any atom is -0.495 e. The molecule has 1 unspecified atom stereocenters. The Balaban J connectivity index is 1.55. The quantitative estimate of drug-likeness (QED) is 0.857. The van der Waals surface area contributed by atoms with Gasteiger partial charge < -0.3 is 15.0 Å². The number of aryl methyl sites for hydroxylation is 1. The highest BCUT2D eigenvalue weighted by Gasteiger charge is 2.25. The van der Waals surface area contributed by atoms with Crippen molar-refractivity contribution >= 4 is 34.5 Å². The molecule has 2 aliphatic rings. The van der Waals surface area contributed by atoms with E-state index in [1.165, 1.54) is 16.9 Å². The van der Waals surface area contributed by atoms with Crippen LogP contribution >= 0.6 is 11.3 Å². The van der Waals surface area contributed by atoms with Gasteiger partial charge in [-0.15, -0.1) is 11.3 Å². The summed E-state index contributed by atoms with van der Waals surface area (Å²) in [7, 11) is 1.59. The number of fused-ring (bicyclic) bond motifs is 1. The van der Waals surface area contributed by atoms with Crippen LogP contribution in [0.1, 0.15) is 46.3 Å². The molecule has 0 radical (unpaired) electrons. The van der Waals surface area contributed by atoms with Crippen LogP contribution in [0.15, 0.2) is 24.3 Å². The van der Waals surface area contributed by atoms with E-state index in [9.17, 15) is 9.59 Å². The van der Waals surface area contributed by atoms with Crippen molar-refractivity contribution in [2.45, 2.75) is 39.0 Å². The van der Waals surface area contributed by atoms with Crippen LogP contribution in [0.4, 0.5) is 11.4 Å². The van der Waals surface area contributed by atoms with E-state index in [2.05, 4.69) is 12.2 Å². The maximum absolute atomic E-state index is 12.8. The number of amides is 2. The minimum absolute atomic E-state index is 0.0917. The first kappa shape index (κ1) is 18.0. The smallest absolute Gasteiger partial charge is 0.265 e. The lowest BCUT2D eigenvalue weighted by Crippen LogP contribution is -2.24. The normalized spacial score (nSPS) is 19.1. The van der Waals surface area contributed by atoms with Crippen molar-refractivity contribution < 1.29 is 14.3 Å². The Morgan fingerprint density at radius 1 is 1.30 bits per heavy atom. The summed E-state index contributed by atoms with van der Waals surface area (Å²) in [6, 6.07) is 7.49. The molecule has 1 fully saturated rings. The zero-order chi connectivity index (χ0) is 19.0. The molecular formula is C21H24N2O3S. The van der Waals surface area contributed by atoms with Gasteiger partial charge in [-0.05, 0) is 61.4 Å². The van der Waals surface area contributed by atoms with E-state index in [4.69, 9.17) is 4.74 Å². The third-order valence-corrected chi connectivity index (χ3v) is 6.59. The second kappa shape index (κ2) is 7.35. The number of nitrogens with zero attached hydrogens (tertiary/aromatic N) is 1. The fraction of sp³-hybridized carbons (Fsp3) is 0.429. The molecular weight excluding hydrogens is 360 g/mol. The van der Waals surface area contributed by atoms with Crippen LogP contribution in [0.25, 0.3) is 0 Å². The Bertz CT molecular complexity index is 890. The monoisotopic (exact) mass is 384 g/mol. The van der Waals surface area contributed by atoms with E-state index >= 15 is 0 Å². The number of benzene rings is 1. The van der Waals surface area contributed by atoms with Crippen LogP contribution < -0.4 is 15.0 Å². The van der Waals surface area contributed by atoms with Crippen molar-refractivity contribution in [1.82, 2.24) is 0 Å². The first-order valence-corrected chi connectivity index (χ1v) is 10.3. The summed E-state index contributed by atoms with van der Waals surface area (Å²) in [5, 5.41) is 2.99. The van der Waals surface area contributed by atoms with Gasteiger partial charge in [0.05, 0.1) is 17.7 Å². The Labute approximate surface area is 163 Å². The lowest BCUT2D eigenvalue weighted by Gasteiger charge is -2.20. The molecule has 2 aromatic rings. The molecule has 2 heterocycles. The minimum atomic E-state index is -0.0917. The van der Waals surface area contributed by atoms with Crippen LogP contribution in [0.2, 0.25) is 0 Å². The molecule has 4 rings (SSSR count). The van der Waals surface area contributed by atoms with Gasteiger partial charge >= 0.3 is 0 Å². The van der Waals surface area contributed by atoms with Gasteiger partial charge in [-0.1, -0.05) is 6.92 Å². The summed E-state index contributed by atoms with van der Waals surface area (Å²) in [6.07, 6.45) is 4.72. The van der Waals surface area contributed by atoms with Crippen LogP contribution in [0.5, 0.6) is 5.75 Å². The van der Waals surface area contributed by atoms with Gasteiger partial charge in [0.15, 0.2) is 0 Å². The van der Waals surface area contributed by atoms with Gasteiger partial charge in [0.25, 0.3) is 5.91 Å². The van der Waals surface area contributed by atoms with Crippen LogP contribution in [0.3, 0.4) is 0 Å². The second-order valence-electron chi connectivity index (χ2n) is 7.40. The third kappa shape index (κ3) is 3.58. The Morgan fingerprint density at radius 2 is 2.15 bits per heavy atom. The first-order valence-electron chi connectivity index (χ1n) is 9.46. The van der Waals surface area contributed by atoms with E-state index in [0.29, 0.717) is 30.3 Å². The summed E-state index contributed by atoms with van der Waals surface area (Å²) in [5.74, 6) is 1.33. The van der Waals surface area contributed by atoms with Crippen LogP contribution in [-0.4, -0.2) is 25.5 Å². The van der Waals surface area contributed by atoms with Crippen molar-refractivity contribution in [3.05, 3.63) is 39.6 Å². The lowest BCUT2D eigenvalue weighted by atomic mass is 9.90. The van der Waals surface area contributed by atoms with Crippen LogP contribution in [0, 0.1) is 5.92 Å². The molecule has 1 saturated heterocycles. The summed E-state index contributed by atoms with van der Waals surface area (Å²) >= 11 is 1.60. The number of carbonyl (C=O) groups is 2. The number of ether oxygens (including phenoxy) is 1. The average molecular weight is 385 g/mol. The largest absolute Gasteiger partial charge is 0.495 e. The number of rotatable bonds is 4. The molecule has 1 aliphatic heterocycles. The summed E-state index contributed by atoms with van der Waals surface area (Å²) in [4.78, 5) is 28.7. The first-order chi connectivity index (χ1) is 13.0. The third-order valence-electron chi connectivity index (χ3n) is 5.35. The highest BCUT2D eigenvalue weighted by molar-refractivity contribution is 7.14. The fourth-order valence-corrected chi connectivity index (χ4v) is 5.00. The zero-order valence-electron chi connectivity index (χ0n) is 15.7. The van der Waals surface area contributed by atoms with Gasteiger partial charge in [0.2, 0.25) is 5.91 Å². The maximum Gasteiger partial charge on any atom is 0.265 e. The van der Waals surface area contributed by atoms with E-state index < -0.39 is 0 Å². The molecule has 27 heavy (non-hydrogen) atoms. The Hall–Kier alpha value is -2.34. The standard InChI is InChI=1S/C21H24N2O3S/c1-13-5-8-18-14(10-13)11-19(27-18)21(25)22-15-6-7-17(26-2)16(12-15)23-9-3-4-20(23)24/h6-7,11-13H,3-5,8-10H2,1-2H3,(H,22,25). The summed E-state index contributed by atoms with van der Waals surface area (Å²) < 4.78 is 5.41. The lowest BCUT2D eigenvalue weighted by molar-refractivity contribution is -0.117. The molecule has 6 heteroatoms. The highest BCUT2D eigenvalue weighted by atomic mass is 32.1. The number of thiophene rings is 1. The van der Waals surface area contributed by atoms with E-state index in [-0.39, 0.29) is 11.8 Å². The number of carbonyl (C=O) groups excluding carboxylic acids is 2. The molecule has 1 aliphatic carbocycles. The average Bonchev–Trinajstić information content (AvgIpc) is 3.27. The van der Waals surface area contributed by atoms with Crippen molar-refractivity contribution in [2.75, 3.05) is 23.9 Å². The Morgan fingerprint density at radius 3 is 2.89 bits per heavy atom. The molecule has 1 N–H and O–H groups in total. The van der Waals surface area contributed by atoms with Crippen molar-refractivity contribution in [2.24, 2.45) is 5.92 Å². The molecule has 0 bridgehead atoms. The molecule has 0 saturated carbocycles. The summed E-state index contributed by atoms with van der Waals surface area (Å²) in [6.45, 7) is 2.95. The van der Waals surface area contributed by atoms with E-state index in [1.807, 2.05) is 18.2 Å². The molecule has 142 valence electrons. The summed E-state index contributed by atoms with van der Waals surface area (Å²) in [5.41, 5.74) is 2.72. The number of methoxy groups -OCH3 is 1. The van der Waals surface area contributed by atoms with Gasteiger partial charge in [0, 0.05) is 23.5 Å². The van der Waals surface area contributed by atoms with Crippen molar-refractivity contribution in [1.29, 1.82) is 0 Å².